The molecule has 0 N–H and O–H groups in total. The van der Waals surface area contributed by atoms with Crippen LogP contribution < -0.4 is 0 Å². The lowest BCUT2D eigenvalue weighted by atomic mass is 10.1. The summed E-state index contributed by atoms with van der Waals surface area (Å²) in [5.41, 5.74) is 0. The van der Waals surface area contributed by atoms with Gasteiger partial charge in [-0.2, -0.15) is 12.6 Å². The molecule has 0 saturated heterocycles. The Hall–Kier alpha value is -0.150. The molecule has 0 heterocycles. The van der Waals surface area contributed by atoms with Crippen LogP contribution in [0.25, 0.3) is 0 Å². The van der Waals surface area contributed by atoms with Crippen LogP contribution in [0.5, 0.6) is 0 Å². The molecule has 1 rings (SSSR count). The summed E-state index contributed by atoms with van der Waals surface area (Å²) >= 11 is 5.96. The second-order valence-electron chi connectivity index (χ2n) is 4.50. The summed E-state index contributed by atoms with van der Waals surface area (Å²) in [6, 6.07) is 6.86. The Bertz CT molecular complexity index is 315. The van der Waals surface area contributed by atoms with E-state index in [0.29, 0.717) is 0 Å². The first-order chi connectivity index (χ1) is 8.83. The van der Waals surface area contributed by atoms with Gasteiger partial charge in [-0.05, 0) is 42.5 Å². The van der Waals surface area contributed by atoms with E-state index in [1.54, 1.807) is 23.9 Å². The molecule has 0 fully saturated rings. The van der Waals surface area contributed by atoms with E-state index in [0.717, 1.165) is 16.4 Å². The Balaban J connectivity index is 1.92. The maximum absolute atomic E-state index is 12.9. The Morgan fingerprint density at radius 2 is 1.61 bits per heavy atom. The first kappa shape index (κ1) is 15.9. The number of unbranched alkanes of at least 4 members (excludes halogenated alkanes) is 6. The Morgan fingerprint density at radius 3 is 2.28 bits per heavy atom. The number of thiol groups is 1. The summed E-state index contributed by atoms with van der Waals surface area (Å²) in [5, 5.41) is 0. The number of rotatable bonds is 10. The minimum Gasteiger partial charge on any atom is -0.207 e. The lowest BCUT2D eigenvalue weighted by Crippen LogP contribution is -1.84. The largest absolute Gasteiger partial charge is 0.207 e. The number of halogens is 1. The van der Waals surface area contributed by atoms with Crippen molar-refractivity contribution in [2.24, 2.45) is 0 Å². The van der Waals surface area contributed by atoms with Gasteiger partial charge < -0.3 is 0 Å². The highest BCUT2D eigenvalue weighted by Gasteiger charge is 1.96. The minimum absolute atomic E-state index is 0.135. The average molecular weight is 286 g/mol. The van der Waals surface area contributed by atoms with Crippen molar-refractivity contribution < 1.29 is 4.39 Å². The van der Waals surface area contributed by atoms with Gasteiger partial charge in [0, 0.05) is 4.90 Å². The van der Waals surface area contributed by atoms with E-state index in [9.17, 15) is 4.39 Å². The summed E-state index contributed by atoms with van der Waals surface area (Å²) in [6.07, 6.45) is 9.11. The fraction of sp³-hybridized carbons (Fsp3) is 0.600. The molecule has 3 heteroatoms. The zero-order valence-corrected chi connectivity index (χ0v) is 12.6. The average Bonchev–Trinajstić information content (AvgIpc) is 2.37. The van der Waals surface area contributed by atoms with E-state index >= 15 is 0 Å². The van der Waals surface area contributed by atoms with E-state index in [1.807, 2.05) is 6.07 Å². The van der Waals surface area contributed by atoms with Crippen molar-refractivity contribution in [2.75, 3.05) is 11.5 Å². The molecule has 0 radical (unpaired) electrons. The van der Waals surface area contributed by atoms with Gasteiger partial charge in [-0.25, -0.2) is 4.39 Å². The van der Waals surface area contributed by atoms with Gasteiger partial charge >= 0.3 is 0 Å². The molecule has 0 aromatic heterocycles. The molecule has 0 bridgehead atoms. The predicted octanol–water partition coefficient (Wildman–Crippen LogP) is 5.58. The molecule has 0 unspecified atom stereocenters. The standard InChI is InChI=1S/C15H23FS2/c16-14-9-8-10-15(13-14)18-12-7-5-3-1-2-4-6-11-17/h8-10,13,17H,1-7,11-12H2. The molecule has 0 aliphatic heterocycles. The molecular formula is C15H23FS2. The number of hydrogen-bond donors (Lipinski definition) is 1. The van der Waals surface area contributed by atoms with Crippen molar-refractivity contribution >= 4 is 24.4 Å². The molecular weight excluding hydrogens is 263 g/mol. The first-order valence-electron chi connectivity index (χ1n) is 6.82. The molecule has 18 heavy (non-hydrogen) atoms. The number of thioether (sulfide) groups is 1. The van der Waals surface area contributed by atoms with Gasteiger partial charge in [0.1, 0.15) is 5.82 Å². The van der Waals surface area contributed by atoms with Crippen molar-refractivity contribution in [3.8, 4) is 0 Å². The van der Waals surface area contributed by atoms with E-state index < -0.39 is 0 Å². The van der Waals surface area contributed by atoms with Crippen LogP contribution in [-0.2, 0) is 0 Å². The molecule has 0 nitrogen and oxygen atoms in total. The third-order valence-electron chi connectivity index (χ3n) is 2.87. The van der Waals surface area contributed by atoms with Gasteiger partial charge in [0.2, 0.25) is 0 Å². The van der Waals surface area contributed by atoms with Crippen molar-refractivity contribution in [2.45, 2.75) is 49.8 Å². The smallest absolute Gasteiger partial charge is 0.124 e. The van der Waals surface area contributed by atoms with Crippen molar-refractivity contribution in [3.05, 3.63) is 30.1 Å². The topological polar surface area (TPSA) is 0 Å². The lowest BCUT2D eigenvalue weighted by molar-refractivity contribution is 0.605. The summed E-state index contributed by atoms with van der Waals surface area (Å²) in [4.78, 5) is 1.05. The van der Waals surface area contributed by atoms with Gasteiger partial charge in [0.05, 0.1) is 0 Å². The number of hydrogen-bond acceptors (Lipinski definition) is 2. The molecule has 0 aliphatic rings. The Labute approximate surface area is 120 Å². The molecule has 102 valence electrons. The van der Waals surface area contributed by atoms with Crippen molar-refractivity contribution in [1.29, 1.82) is 0 Å². The highest BCUT2D eigenvalue weighted by molar-refractivity contribution is 7.99. The van der Waals surface area contributed by atoms with Gasteiger partial charge in [-0.3, -0.25) is 0 Å². The highest BCUT2D eigenvalue weighted by atomic mass is 32.2. The lowest BCUT2D eigenvalue weighted by Gasteiger charge is -2.02. The summed E-state index contributed by atoms with van der Waals surface area (Å²) < 4.78 is 12.9. The summed E-state index contributed by atoms with van der Waals surface area (Å²) in [5.74, 6) is 1.98. The van der Waals surface area contributed by atoms with Crippen LogP contribution in [0.3, 0.4) is 0 Å². The molecule has 0 atom stereocenters. The van der Waals surface area contributed by atoms with E-state index in [2.05, 4.69) is 12.6 Å². The van der Waals surface area contributed by atoms with Gasteiger partial charge in [-0.15, -0.1) is 11.8 Å². The number of benzene rings is 1. The van der Waals surface area contributed by atoms with E-state index in [4.69, 9.17) is 0 Å². The second-order valence-corrected chi connectivity index (χ2v) is 6.12. The maximum atomic E-state index is 12.9. The molecule has 0 amide bonds. The van der Waals surface area contributed by atoms with Gasteiger partial charge in [0.15, 0.2) is 0 Å². The normalized spacial score (nSPS) is 10.8. The monoisotopic (exact) mass is 286 g/mol. The molecule has 0 aliphatic carbocycles. The maximum Gasteiger partial charge on any atom is 0.124 e. The third kappa shape index (κ3) is 8.04. The second kappa shape index (κ2) is 10.7. The predicted molar refractivity (Wildman–Crippen MR) is 83.3 cm³/mol. The third-order valence-corrected chi connectivity index (χ3v) is 4.26. The SMILES string of the molecule is Fc1cccc(SCCCCCCCCCS)c1. The van der Waals surface area contributed by atoms with Crippen LogP contribution in [0, 0.1) is 5.82 Å². The Kier molecular flexibility index (Phi) is 9.49. The summed E-state index contributed by atoms with van der Waals surface area (Å²) in [7, 11) is 0. The first-order valence-corrected chi connectivity index (χ1v) is 8.44. The van der Waals surface area contributed by atoms with Crippen LogP contribution in [0.1, 0.15) is 44.9 Å². The van der Waals surface area contributed by atoms with E-state index in [1.165, 1.54) is 51.0 Å². The zero-order valence-electron chi connectivity index (χ0n) is 10.9. The van der Waals surface area contributed by atoms with Crippen molar-refractivity contribution in [3.63, 3.8) is 0 Å². The minimum atomic E-state index is -0.135. The zero-order chi connectivity index (χ0) is 13.1. The molecule has 1 aromatic carbocycles. The van der Waals surface area contributed by atoms with Gasteiger partial charge in [0.25, 0.3) is 0 Å². The van der Waals surface area contributed by atoms with Crippen LogP contribution >= 0.6 is 24.4 Å². The van der Waals surface area contributed by atoms with Crippen LogP contribution in [0.2, 0.25) is 0 Å². The molecule has 0 spiro atoms. The van der Waals surface area contributed by atoms with Crippen LogP contribution in [-0.4, -0.2) is 11.5 Å². The van der Waals surface area contributed by atoms with E-state index in [-0.39, 0.29) is 5.82 Å². The highest BCUT2D eigenvalue weighted by Crippen LogP contribution is 2.20. The van der Waals surface area contributed by atoms with Crippen LogP contribution in [0.15, 0.2) is 29.2 Å². The Morgan fingerprint density at radius 1 is 0.944 bits per heavy atom. The quantitative estimate of drug-likeness (QED) is 0.333. The van der Waals surface area contributed by atoms with Crippen LogP contribution in [0.4, 0.5) is 4.39 Å². The summed E-state index contributed by atoms with van der Waals surface area (Å²) in [6.45, 7) is 0. The fourth-order valence-corrected chi connectivity index (χ4v) is 3.02. The van der Waals surface area contributed by atoms with Gasteiger partial charge in [-0.1, -0.05) is 38.2 Å². The molecule has 1 aromatic rings. The van der Waals surface area contributed by atoms with Crippen molar-refractivity contribution in [1.82, 2.24) is 0 Å². The fourth-order valence-electron chi connectivity index (χ4n) is 1.84. The molecule has 0 saturated carbocycles.